The quantitative estimate of drug-likeness (QED) is 0.576. The van der Waals surface area contributed by atoms with Gasteiger partial charge < -0.3 is 9.84 Å². The number of aliphatic hydroxyl groups excluding tert-OH is 1. The van der Waals surface area contributed by atoms with Gasteiger partial charge in [0.1, 0.15) is 6.10 Å². The zero-order valence-electron chi connectivity index (χ0n) is 6.79. The lowest BCUT2D eigenvalue weighted by atomic mass is 10.0. The molecule has 1 N–H and O–H groups in total. The Bertz CT molecular complexity index is 186. The predicted octanol–water partition coefficient (Wildman–Crippen LogP) is 1.24. The molecule has 1 saturated heterocycles. The molecule has 2 heterocycles. The van der Waals surface area contributed by atoms with E-state index < -0.39 is 0 Å². The van der Waals surface area contributed by atoms with Crippen LogP contribution < -0.4 is 0 Å². The first-order valence-electron chi connectivity index (χ1n) is 4.35. The second-order valence-electron chi connectivity index (χ2n) is 3.33. The second kappa shape index (κ2) is 2.61. The Morgan fingerprint density at radius 1 is 1.64 bits per heavy atom. The summed E-state index contributed by atoms with van der Waals surface area (Å²) in [4.78, 5) is 0. The largest absolute Gasteiger partial charge is 0.386 e. The van der Waals surface area contributed by atoms with E-state index in [9.17, 15) is 5.11 Å². The van der Waals surface area contributed by atoms with Gasteiger partial charge in [-0.3, -0.25) is 0 Å². The summed E-state index contributed by atoms with van der Waals surface area (Å²) >= 11 is 0. The van der Waals surface area contributed by atoms with Gasteiger partial charge in [0.25, 0.3) is 0 Å². The van der Waals surface area contributed by atoms with E-state index >= 15 is 0 Å². The van der Waals surface area contributed by atoms with E-state index in [4.69, 9.17) is 4.74 Å². The molecule has 0 amide bonds. The van der Waals surface area contributed by atoms with Crippen molar-refractivity contribution in [2.45, 2.75) is 44.5 Å². The van der Waals surface area contributed by atoms with Crippen LogP contribution in [-0.2, 0) is 4.74 Å². The molecule has 0 aromatic heterocycles. The summed E-state index contributed by atoms with van der Waals surface area (Å²) in [6, 6.07) is 0. The molecule has 11 heavy (non-hydrogen) atoms. The van der Waals surface area contributed by atoms with Gasteiger partial charge in [-0.1, -0.05) is 13.0 Å². The normalized spacial score (nSPS) is 42.4. The molecule has 0 radical (unpaired) electrons. The van der Waals surface area contributed by atoms with Crippen LogP contribution in [0.4, 0.5) is 0 Å². The lowest BCUT2D eigenvalue weighted by Gasteiger charge is -2.25. The lowest BCUT2D eigenvalue weighted by molar-refractivity contribution is -0.0191. The van der Waals surface area contributed by atoms with Crippen molar-refractivity contribution in [2.75, 3.05) is 0 Å². The third-order valence-corrected chi connectivity index (χ3v) is 2.63. The van der Waals surface area contributed by atoms with Crippen LogP contribution in [0.3, 0.4) is 0 Å². The molecule has 0 aromatic rings. The van der Waals surface area contributed by atoms with Crippen molar-refractivity contribution in [3.8, 4) is 0 Å². The van der Waals surface area contributed by atoms with E-state index in [0.29, 0.717) is 6.10 Å². The lowest BCUT2D eigenvalue weighted by Crippen LogP contribution is -2.31. The molecule has 0 spiro atoms. The van der Waals surface area contributed by atoms with Gasteiger partial charge in [-0.25, -0.2) is 0 Å². The van der Waals surface area contributed by atoms with Crippen LogP contribution in [0.25, 0.3) is 0 Å². The Morgan fingerprint density at radius 3 is 3.18 bits per heavy atom. The highest BCUT2D eigenvalue weighted by atomic mass is 16.5. The Hall–Kier alpha value is -0.340. The average Bonchev–Trinajstić information content (AvgIpc) is 2.42. The number of hydrogen-bond donors (Lipinski definition) is 1. The van der Waals surface area contributed by atoms with Gasteiger partial charge in [0.2, 0.25) is 0 Å². The first-order valence-corrected chi connectivity index (χ1v) is 4.35. The molecule has 0 saturated carbocycles. The molecule has 0 unspecified atom stereocenters. The minimum absolute atomic E-state index is 0.0972. The highest BCUT2D eigenvalue weighted by Crippen LogP contribution is 2.32. The van der Waals surface area contributed by atoms with Crippen LogP contribution in [0, 0.1) is 0 Å². The summed E-state index contributed by atoms with van der Waals surface area (Å²) in [5.41, 5.74) is 1.17. The minimum Gasteiger partial charge on any atom is -0.386 e. The van der Waals surface area contributed by atoms with E-state index in [1.807, 2.05) is 0 Å². The summed E-state index contributed by atoms with van der Waals surface area (Å²) in [5, 5.41) is 9.66. The highest BCUT2D eigenvalue weighted by molar-refractivity contribution is 5.18. The van der Waals surface area contributed by atoms with Crippen LogP contribution in [0.2, 0.25) is 0 Å². The fraction of sp³-hybridized carbons (Fsp3) is 0.778. The highest BCUT2D eigenvalue weighted by Gasteiger charge is 2.35. The topological polar surface area (TPSA) is 29.5 Å². The monoisotopic (exact) mass is 154 g/mol. The predicted molar refractivity (Wildman–Crippen MR) is 42.3 cm³/mol. The van der Waals surface area contributed by atoms with Crippen LogP contribution in [0.1, 0.15) is 26.2 Å². The van der Waals surface area contributed by atoms with E-state index in [0.717, 1.165) is 19.3 Å². The molecule has 62 valence electrons. The van der Waals surface area contributed by atoms with Gasteiger partial charge in [0, 0.05) is 0 Å². The van der Waals surface area contributed by atoms with Gasteiger partial charge in [0.15, 0.2) is 0 Å². The molecule has 2 rings (SSSR count). The molecule has 2 aliphatic rings. The zero-order valence-corrected chi connectivity index (χ0v) is 6.79. The minimum atomic E-state index is -0.321. The summed E-state index contributed by atoms with van der Waals surface area (Å²) < 4.78 is 5.52. The molecule has 2 bridgehead atoms. The third-order valence-electron chi connectivity index (χ3n) is 2.63. The smallest absolute Gasteiger partial charge is 0.101 e. The van der Waals surface area contributed by atoms with E-state index in [2.05, 4.69) is 13.0 Å². The fourth-order valence-electron chi connectivity index (χ4n) is 1.95. The maximum atomic E-state index is 9.66. The van der Waals surface area contributed by atoms with Crippen LogP contribution in [-0.4, -0.2) is 23.4 Å². The standard InChI is InChI=1S/C9H14O2/c1-2-6-5-7-3-4-8(11-7)9(6)10/h5,7-10H,2-4H2,1H3/t7-,8+,9+/m1/s1. The van der Waals surface area contributed by atoms with Gasteiger partial charge in [-0.2, -0.15) is 0 Å². The summed E-state index contributed by atoms with van der Waals surface area (Å²) in [7, 11) is 0. The van der Waals surface area contributed by atoms with Crippen molar-refractivity contribution in [2.24, 2.45) is 0 Å². The van der Waals surface area contributed by atoms with Crippen molar-refractivity contribution < 1.29 is 9.84 Å². The Labute approximate surface area is 66.9 Å². The first-order chi connectivity index (χ1) is 5.31. The van der Waals surface area contributed by atoms with Crippen molar-refractivity contribution in [1.82, 2.24) is 0 Å². The van der Waals surface area contributed by atoms with Gasteiger partial charge in [-0.15, -0.1) is 0 Å². The van der Waals surface area contributed by atoms with E-state index in [1.54, 1.807) is 0 Å². The van der Waals surface area contributed by atoms with E-state index in [1.165, 1.54) is 5.57 Å². The van der Waals surface area contributed by atoms with Crippen molar-refractivity contribution >= 4 is 0 Å². The Balaban J connectivity index is 2.21. The number of aliphatic hydroxyl groups is 1. The molecular formula is C9H14O2. The SMILES string of the molecule is CCC1=C[C@H]2CC[C@H](O2)[C@H]1O. The van der Waals surface area contributed by atoms with Gasteiger partial charge >= 0.3 is 0 Å². The Morgan fingerprint density at radius 2 is 2.45 bits per heavy atom. The van der Waals surface area contributed by atoms with Crippen molar-refractivity contribution in [3.63, 3.8) is 0 Å². The van der Waals surface area contributed by atoms with Crippen LogP contribution >= 0.6 is 0 Å². The van der Waals surface area contributed by atoms with Crippen molar-refractivity contribution in [1.29, 1.82) is 0 Å². The number of ether oxygens (including phenoxy) is 1. The average molecular weight is 154 g/mol. The third kappa shape index (κ3) is 1.10. The number of fused-ring (bicyclic) bond motifs is 2. The molecule has 2 aliphatic heterocycles. The molecule has 2 heteroatoms. The number of rotatable bonds is 1. The van der Waals surface area contributed by atoms with Crippen LogP contribution in [0.5, 0.6) is 0 Å². The molecule has 0 aromatic carbocycles. The summed E-state index contributed by atoms with van der Waals surface area (Å²) in [6.07, 6.45) is 5.24. The van der Waals surface area contributed by atoms with Crippen molar-refractivity contribution in [3.05, 3.63) is 11.6 Å². The van der Waals surface area contributed by atoms with Gasteiger partial charge in [-0.05, 0) is 24.8 Å². The van der Waals surface area contributed by atoms with Gasteiger partial charge in [0.05, 0.1) is 12.2 Å². The van der Waals surface area contributed by atoms with Crippen LogP contribution in [0.15, 0.2) is 11.6 Å². The maximum absolute atomic E-state index is 9.66. The molecule has 1 fully saturated rings. The molecule has 2 nitrogen and oxygen atoms in total. The zero-order chi connectivity index (χ0) is 7.84. The summed E-state index contributed by atoms with van der Waals surface area (Å²) in [5.74, 6) is 0. The van der Waals surface area contributed by atoms with E-state index in [-0.39, 0.29) is 12.2 Å². The fourth-order valence-corrected chi connectivity index (χ4v) is 1.95. The maximum Gasteiger partial charge on any atom is 0.101 e. The first kappa shape index (κ1) is 7.32. The Kier molecular flexibility index (Phi) is 1.74. The molecular weight excluding hydrogens is 140 g/mol. The number of hydrogen-bond acceptors (Lipinski definition) is 2. The summed E-state index contributed by atoms with van der Waals surface area (Å²) in [6.45, 7) is 2.08. The molecule has 3 atom stereocenters. The second-order valence-corrected chi connectivity index (χ2v) is 3.33. The molecule has 0 aliphatic carbocycles.